The molecule has 0 spiro atoms. The number of phenols is 1. The SMILES string of the molecule is CCCCCCCCN(C(=O)OC(C)(C)C)[C@@H](Cc1ccc(O)cc1)C(=O)ON1C(=O)CCC1=O. The van der Waals surface area contributed by atoms with E-state index in [1.54, 1.807) is 32.9 Å². The van der Waals surface area contributed by atoms with Gasteiger partial charge in [-0.05, 0) is 44.9 Å². The van der Waals surface area contributed by atoms with E-state index in [0.29, 0.717) is 17.0 Å². The molecule has 9 heteroatoms. The molecule has 0 radical (unpaired) electrons. The molecule has 0 unspecified atom stereocenters. The highest BCUT2D eigenvalue weighted by Gasteiger charge is 2.39. The Kier molecular flexibility index (Phi) is 10.5. The second kappa shape index (κ2) is 13.1. The summed E-state index contributed by atoms with van der Waals surface area (Å²) in [4.78, 5) is 57.0. The smallest absolute Gasteiger partial charge is 0.411 e. The fraction of sp³-hybridized carbons (Fsp3) is 0.615. The number of nitrogens with zero attached hydrogens (tertiary/aromatic N) is 2. The lowest BCUT2D eigenvalue weighted by Gasteiger charge is -2.33. The molecule has 1 aromatic rings. The van der Waals surface area contributed by atoms with Gasteiger partial charge in [0.05, 0.1) is 0 Å². The van der Waals surface area contributed by atoms with Gasteiger partial charge in [-0.3, -0.25) is 14.5 Å². The van der Waals surface area contributed by atoms with Gasteiger partial charge >= 0.3 is 12.1 Å². The summed E-state index contributed by atoms with van der Waals surface area (Å²) in [5.41, 5.74) is -0.120. The third kappa shape index (κ3) is 9.22. The van der Waals surface area contributed by atoms with Gasteiger partial charge in [0.15, 0.2) is 0 Å². The first-order chi connectivity index (χ1) is 16.5. The molecule has 0 aromatic heterocycles. The Bertz CT molecular complexity index is 861. The van der Waals surface area contributed by atoms with Crippen LogP contribution >= 0.6 is 0 Å². The third-order valence-electron chi connectivity index (χ3n) is 5.58. The van der Waals surface area contributed by atoms with E-state index >= 15 is 0 Å². The van der Waals surface area contributed by atoms with Gasteiger partial charge in [0.2, 0.25) is 0 Å². The Morgan fingerprint density at radius 1 is 1.00 bits per heavy atom. The minimum atomic E-state index is -1.13. The molecular weight excluding hydrogens is 452 g/mol. The van der Waals surface area contributed by atoms with Crippen molar-refractivity contribution in [1.29, 1.82) is 0 Å². The number of carbonyl (C=O) groups is 4. The van der Waals surface area contributed by atoms with Crippen LogP contribution in [0.3, 0.4) is 0 Å². The van der Waals surface area contributed by atoms with Crippen molar-refractivity contribution in [2.75, 3.05) is 6.54 Å². The molecule has 1 fully saturated rings. The van der Waals surface area contributed by atoms with Crippen molar-refractivity contribution in [2.24, 2.45) is 0 Å². The predicted octanol–water partition coefficient (Wildman–Crippen LogP) is 4.51. The van der Waals surface area contributed by atoms with Gasteiger partial charge in [-0.25, -0.2) is 9.59 Å². The Balaban J connectivity index is 2.28. The second-order valence-corrected chi connectivity index (χ2v) is 9.82. The zero-order valence-electron chi connectivity index (χ0n) is 21.2. The summed E-state index contributed by atoms with van der Waals surface area (Å²) in [6, 6.07) is 5.11. The molecule has 0 aliphatic carbocycles. The van der Waals surface area contributed by atoms with E-state index in [4.69, 9.17) is 9.57 Å². The van der Waals surface area contributed by atoms with E-state index in [2.05, 4.69) is 6.92 Å². The van der Waals surface area contributed by atoms with E-state index in [1.165, 1.54) is 17.0 Å². The monoisotopic (exact) mass is 490 g/mol. The highest BCUT2D eigenvalue weighted by molar-refractivity contribution is 6.01. The van der Waals surface area contributed by atoms with Crippen LogP contribution in [-0.4, -0.2) is 57.1 Å². The van der Waals surface area contributed by atoms with Crippen LogP contribution in [0.4, 0.5) is 4.79 Å². The van der Waals surface area contributed by atoms with Crippen molar-refractivity contribution < 1.29 is 33.9 Å². The molecule has 1 aromatic carbocycles. The fourth-order valence-corrected chi connectivity index (χ4v) is 3.74. The minimum Gasteiger partial charge on any atom is -0.508 e. The zero-order chi connectivity index (χ0) is 26.0. The molecule has 2 rings (SSSR count). The van der Waals surface area contributed by atoms with Gasteiger partial charge in [0.1, 0.15) is 17.4 Å². The van der Waals surface area contributed by atoms with E-state index in [-0.39, 0.29) is 31.6 Å². The third-order valence-corrected chi connectivity index (χ3v) is 5.58. The molecule has 9 nitrogen and oxygen atoms in total. The van der Waals surface area contributed by atoms with Gasteiger partial charge in [0.25, 0.3) is 11.8 Å². The molecule has 1 aliphatic rings. The fourth-order valence-electron chi connectivity index (χ4n) is 3.74. The van der Waals surface area contributed by atoms with Crippen LogP contribution in [0, 0.1) is 0 Å². The van der Waals surface area contributed by atoms with E-state index in [0.717, 1.165) is 32.1 Å². The topological polar surface area (TPSA) is 113 Å². The maximum Gasteiger partial charge on any atom is 0.411 e. The van der Waals surface area contributed by atoms with Crippen molar-refractivity contribution >= 4 is 23.9 Å². The predicted molar refractivity (Wildman–Crippen MR) is 129 cm³/mol. The van der Waals surface area contributed by atoms with Gasteiger partial charge in [-0.15, -0.1) is 5.06 Å². The Hall–Kier alpha value is -3.10. The van der Waals surface area contributed by atoms with Crippen LogP contribution in [0.25, 0.3) is 0 Å². The average molecular weight is 491 g/mol. The van der Waals surface area contributed by atoms with Crippen LogP contribution in [0.1, 0.15) is 84.6 Å². The Morgan fingerprint density at radius 2 is 1.57 bits per heavy atom. The number of amides is 3. The Morgan fingerprint density at radius 3 is 2.14 bits per heavy atom. The summed E-state index contributed by atoms with van der Waals surface area (Å²) in [7, 11) is 0. The maximum absolute atomic E-state index is 13.3. The number of ether oxygens (including phenoxy) is 1. The number of hydroxylamine groups is 2. The molecule has 194 valence electrons. The van der Waals surface area contributed by atoms with Crippen LogP contribution in [-0.2, 0) is 30.4 Å². The molecule has 0 bridgehead atoms. The van der Waals surface area contributed by atoms with Crippen LogP contribution in [0.5, 0.6) is 5.75 Å². The van der Waals surface area contributed by atoms with Gasteiger partial charge in [-0.2, -0.15) is 0 Å². The number of rotatable bonds is 12. The van der Waals surface area contributed by atoms with Crippen molar-refractivity contribution in [1.82, 2.24) is 9.96 Å². The summed E-state index contributed by atoms with van der Waals surface area (Å²) in [6.07, 6.45) is 5.25. The average Bonchev–Trinajstić information content (AvgIpc) is 3.09. The molecule has 1 heterocycles. The highest BCUT2D eigenvalue weighted by Crippen LogP contribution is 2.21. The van der Waals surface area contributed by atoms with Gasteiger partial charge in [-0.1, -0.05) is 51.2 Å². The van der Waals surface area contributed by atoms with Crippen molar-refractivity contribution in [3.8, 4) is 5.75 Å². The minimum absolute atomic E-state index is 0.0255. The normalized spacial score (nSPS) is 14.7. The standard InChI is InChI=1S/C26H38N2O7/c1-5-6-7-8-9-10-17-27(25(33)34-26(2,3)4)21(18-19-11-13-20(29)14-12-19)24(32)35-28-22(30)15-16-23(28)31/h11-14,21,29H,5-10,15-18H2,1-4H3/t21-/m0/s1. The number of carbonyl (C=O) groups excluding carboxylic acids is 4. The lowest BCUT2D eigenvalue weighted by atomic mass is 10.0. The number of imide groups is 1. The molecule has 3 amide bonds. The molecule has 1 aliphatic heterocycles. The van der Waals surface area contributed by atoms with Crippen LogP contribution in [0.2, 0.25) is 0 Å². The van der Waals surface area contributed by atoms with Crippen molar-refractivity contribution in [2.45, 2.75) is 97.1 Å². The number of benzene rings is 1. The van der Waals surface area contributed by atoms with Crippen LogP contribution in [0.15, 0.2) is 24.3 Å². The lowest BCUT2D eigenvalue weighted by Crippen LogP contribution is -2.51. The largest absolute Gasteiger partial charge is 0.508 e. The number of phenolic OH excluding ortho intramolecular Hbond substituents is 1. The second-order valence-electron chi connectivity index (χ2n) is 9.82. The Labute approximate surface area is 207 Å². The molecule has 1 atom stereocenters. The quantitative estimate of drug-likeness (QED) is 0.339. The number of hydrogen-bond acceptors (Lipinski definition) is 7. The number of aromatic hydroxyl groups is 1. The molecule has 35 heavy (non-hydrogen) atoms. The van der Waals surface area contributed by atoms with Gasteiger partial charge < -0.3 is 14.7 Å². The summed E-state index contributed by atoms with van der Waals surface area (Å²) in [5, 5.41) is 10.1. The zero-order valence-corrected chi connectivity index (χ0v) is 21.2. The van der Waals surface area contributed by atoms with E-state index in [9.17, 15) is 24.3 Å². The van der Waals surface area contributed by atoms with Gasteiger partial charge in [0, 0.05) is 25.8 Å². The first-order valence-electron chi connectivity index (χ1n) is 12.4. The summed E-state index contributed by atoms with van der Waals surface area (Å²) in [5.74, 6) is -2.01. The number of unbranched alkanes of at least 4 members (excludes halogenated alkanes) is 5. The molecular formula is C26H38N2O7. The lowest BCUT2D eigenvalue weighted by molar-refractivity contribution is -0.201. The summed E-state index contributed by atoms with van der Waals surface area (Å²) in [6.45, 7) is 7.61. The molecule has 1 saturated heterocycles. The van der Waals surface area contributed by atoms with Crippen molar-refractivity contribution in [3.63, 3.8) is 0 Å². The first-order valence-corrected chi connectivity index (χ1v) is 12.4. The number of hydrogen-bond donors (Lipinski definition) is 1. The molecule has 1 N–H and O–H groups in total. The summed E-state index contributed by atoms with van der Waals surface area (Å²) >= 11 is 0. The van der Waals surface area contributed by atoms with E-state index < -0.39 is 35.5 Å². The molecule has 0 saturated carbocycles. The maximum atomic E-state index is 13.3. The summed E-state index contributed by atoms with van der Waals surface area (Å²) < 4.78 is 5.59. The van der Waals surface area contributed by atoms with Crippen molar-refractivity contribution in [3.05, 3.63) is 29.8 Å². The highest BCUT2D eigenvalue weighted by atomic mass is 16.7. The van der Waals surface area contributed by atoms with E-state index in [1.807, 2.05) is 0 Å². The first kappa shape index (κ1) is 28.1. The van der Waals surface area contributed by atoms with Crippen LogP contribution < -0.4 is 0 Å².